The molecule has 2 nitrogen and oxygen atoms in total. The van der Waals surface area contributed by atoms with Crippen LogP contribution in [0.3, 0.4) is 0 Å². The van der Waals surface area contributed by atoms with Crippen molar-refractivity contribution >= 4 is 54.2 Å². The van der Waals surface area contributed by atoms with Crippen LogP contribution < -0.4 is 5.73 Å². The molecule has 0 saturated heterocycles. The molecule has 0 rings (SSSR count). The van der Waals surface area contributed by atoms with Crippen LogP contribution in [-0.2, 0) is 0 Å². The Bertz CT molecular complexity index is 17.1. The van der Waals surface area contributed by atoms with Crippen LogP contribution in [0.2, 0.25) is 0 Å². The van der Waals surface area contributed by atoms with Crippen LogP contribution in [0.15, 0.2) is 0 Å². The Hall–Kier alpha value is 0.999. The van der Waals surface area contributed by atoms with E-state index in [-0.39, 0.29) is 47.9 Å². The Balaban J connectivity index is -0.0000000200. The van der Waals surface area contributed by atoms with Gasteiger partial charge in [-0.05, 0) is 0 Å². The molecule has 4 heteroatoms. The SMILES string of the molecule is I.N=CN.[Sn]. The largest absolute Gasteiger partial charge is 0.390 e. The van der Waals surface area contributed by atoms with Crippen LogP contribution in [-0.4, -0.2) is 30.2 Å². The average Bonchev–Trinajstić information content (AvgIpc) is 0.918. The predicted molar refractivity (Wildman–Crippen MR) is 34.1 cm³/mol. The molecule has 0 aliphatic rings. The average molecular weight is 291 g/mol. The van der Waals surface area contributed by atoms with Crippen molar-refractivity contribution in [1.29, 1.82) is 5.41 Å². The van der Waals surface area contributed by atoms with Gasteiger partial charge < -0.3 is 5.73 Å². The molecule has 0 amide bonds. The third-order valence-electron chi connectivity index (χ3n) is 0. The van der Waals surface area contributed by atoms with Crippen LogP contribution in [0.1, 0.15) is 0 Å². The Morgan fingerprint density at radius 2 is 1.60 bits per heavy atom. The van der Waals surface area contributed by atoms with E-state index in [1.807, 2.05) is 0 Å². The van der Waals surface area contributed by atoms with Gasteiger partial charge in [-0.15, -0.1) is 24.0 Å². The Morgan fingerprint density at radius 1 is 1.60 bits per heavy atom. The molecule has 30 valence electrons. The van der Waals surface area contributed by atoms with Crippen molar-refractivity contribution < 1.29 is 0 Å². The smallest absolute Gasteiger partial charge is 0.0765 e. The summed E-state index contributed by atoms with van der Waals surface area (Å²) in [7, 11) is 0. The van der Waals surface area contributed by atoms with Crippen molar-refractivity contribution in [2.45, 2.75) is 0 Å². The number of hydrogen-bond acceptors (Lipinski definition) is 1. The molecule has 0 aromatic heterocycles. The van der Waals surface area contributed by atoms with E-state index >= 15 is 0 Å². The molecule has 0 unspecified atom stereocenters. The van der Waals surface area contributed by atoms with Crippen molar-refractivity contribution in [1.82, 2.24) is 0 Å². The fraction of sp³-hybridized carbons (Fsp3) is 0. The minimum absolute atomic E-state index is 0. The molecule has 3 N–H and O–H groups in total. The number of halogens is 1. The maximum Gasteiger partial charge on any atom is 0.0765 e. The van der Waals surface area contributed by atoms with Gasteiger partial charge in [-0.2, -0.15) is 0 Å². The second-order valence-corrected chi connectivity index (χ2v) is 0.167. The van der Waals surface area contributed by atoms with Gasteiger partial charge in [-0.1, -0.05) is 0 Å². The van der Waals surface area contributed by atoms with Crippen LogP contribution in [0.4, 0.5) is 0 Å². The van der Waals surface area contributed by atoms with Gasteiger partial charge in [-0.25, -0.2) is 0 Å². The second-order valence-electron chi connectivity index (χ2n) is 0.167. The summed E-state index contributed by atoms with van der Waals surface area (Å²) < 4.78 is 0. The van der Waals surface area contributed by atoms with Gasteiger partial charge in [0.2, 0.25) is 0 Å². The van der Waals surface area contributed by atoms with Gasteiger partial charge in [0.15, 0.2) is 0 Å². The topological polar surface area (TPSA) is 49.9 Å². The molecule has 0 aromatic rings. The van der Waals surface area contributed by atoms with Crippen LogP contribution in [0, 0.1) is 5.41 Å². The molecule has 0 saturated carbocycles. The van der Waals surface area contributed by atoms with Crippen LogP contribution in [0.25, 0.3) is 0 Å². The van der Waals surface area contributed by atoms with E-state index < -0.39 is 0 Å². The van der Waals surface area contributed by atoms with E-state index in [4.69, 9.17) is 5.41 Å². The molecular weight excluding hydrogens is 286 g/mol. The number of rotatable bonds is 0. The van der Waals surface area contributed by atoms with Crippen molar-refractivity contribution in [3.05, 3.63) is 0 Å². The van der Waals surface area contributed by atoms with Gasteiger partial charge in [0.05, 0.1) is 6.34 Å². The Labute approximate surface area is 65.0 Å². The summed E-state index contributed by atoms with van der Waals surface area (Å²) in [6.45, 7) is 0. The van der Waals surface area contributed by atoms with E-state index in [2.05, 4.69) is 5.73 Å². The fourth-order valence-corrected chi connectivity index (χ4v) is 0. The summed E-state index contributed by atoms with van der Waals surface area (Å²) in [5.41, 5.74) is 4.39. The quantitative estimate of drug-likeness (QED) is 0.276. The molecule has 5 heavy (non-hydrogen) atoms. The zero-order valence-corrected chi connectivity index (χ0v) is 7.75. The summed E-state index contributed by atoms with van der Waals surface area (Å²) in [4.78, 5) is 0. The maximum atomic E-state index is 5.86. The van der Waals surface area contributed by atoms with Crippen LogP contribution in [0.5, 0.6) is 0 Å². The summed E-state index contributed by atoms with van der Waals surface area (Å²) in [5.74, 6) is 0. The first-order valence-corrected chi connectivity index (χ1v) is 0.622. The van der Waals surface area contributed by atoms with Crippen LogP contribution >= 0.6 is 24.0 Å². The molecule has 0 heterocycles. The van der Waals surface area contributed by atoms with E-state index in [0.717, 1.165) is 6.34 Å². The number of nitrogens with two attached hydrogens (primary N) is 1. The van der Waals surface area contributed by atoms with Gasteiger partial charge in [-0.3, -0.25) is 5.41 Å². The molecule has 0 aliphatic heterocycles. The van der Waals surface area contributed by atoms with Crippen molar-refractivity contribution in [2.24, 2.45) is 5.73 Å². The molecule has 0 bridgehead atoms. The monoisotopic (exact) mass is 292 g/mol. The third-order valence-corrected chi connectivity index (χ3v) is 0. The van der Waals surface area contributed by atoms with Gasteiger partial charge in [0, 0.05) is 23.9 Å². The second kappa shape index (κ2) is 20.0. The minimum atomic E-state index is 0. The number of nitrogens with one attached hydrogen (secondary N) is 1. The fourth-order valence-electron chi connectivity index (χ4n) is 0. The first kappa shape index (κ1) is 16.7. The van der Waals surface area contributed by atoms with E-state index in [0.29, 0.717) is 0 Å². The number of hydrogen-bond donors (Lipinski definition) is 2. The molecule has 0 spiro atoms. The van der Waals surface area contributed by atoms with Crippen molar-refractivity contribution in [2.75, 3.05) is 0 Å². The van der Waals surface area contributed by atoms with E-state index in [1.165, 1.54) is 0 Å². The molecule has 0 aromatic carbocycles. The summed E-state index contributed by atoms with van der Waals surface area (Å²) >= 11 is 0. The van der Waals surface area contributed by atoms with Gasteiger partial charge in [0.1, 0.15) is 0 Å². The summed E-state index contributed by atoms with van der Waals surface area (Å²) in [5, 5.41) is 5.86. The standard InChI is InChI=1S/CH4N2.HI.Sn/c2-1-3;;/h1H,(H3,2,3);1H;. The first-order valence-electron chi connectivity index (χ1n) is 0.622. The van der Waals surface area contributed by atoms with E-state index in [9.17, 15) is 0 Å². The predicted octanol–water partition coefficient (Wildman–Crippen LogP) is -0.211. The molecular formula is CH5IN2Sn. The molecule has 0 aliphatic carbocycles. The molecule has 0 fully saturated rings. The zero-order valence-electron chi connectivity index (χ0n) is 2.56. The molecule has 4 radical (unpaired) electrons. The van der Waals surface area contributed by atoms with Crippen molar-refractivity contribution in [3.63, 3.8) is 0 Å². The summed E-state index contributed by atoms with van der Waals surface area (Å²) in [6.07, 6.45) is 0.750. The summed E-state index contributed by atoms with van der Waals surface area (Å²) in [6, 6.07) is 0. The van der Waals surface area contributed by atoms with Gasteiger partial charge in [0.25, 0.3) is 0 Å². The maximum absolute atomic E-state index is 5.86. The minimum Gasteiger partial charge on any atom is -0.390 e. The third kappa shape index (κ3) is 45.1. The van der Waals surface area contributed by atoms with Crippen molar-refractivity contribution in [3.8, 4) is 0 Å². The molecule has 0 atom stereocenters. The zero-order chi connectivity index (χ0) is 2.71. The normalized spacial score (nSPS) is 2.40. The first-order chi connectivity index (χ1) is 1.41. The van der Waals surface area contributed by atoms with E-state index in [1.54, 1.807) is 0 Å². The Morgan fingerprint density at radius 3 is 1.60 bits per heavy atom. The van der Waals surface area contributed by atoms with Gasteiger partial charge >= 0.3 is 0 Å². The Kier molecular flexibility index (Phi) is 66.7.